The molecule has 0 bridgehead atoms. The maximum Gasteiger partial charge on any atom is 0.411 e. The Hall–Kier alpha value is -3.79. The molecule has 0 aliphatic rings. The summed E-state index contributed by atoms with van der Waals surface area (Å²) in [5.74, 6) is 0.631. The van der Waals surface area contributed by atoms with Gasteiger partial charge in [-0.25, -0.2) is 4.79 Å². The van der Waals surface area contributed by atoms with Crippen LogP contribution in [0.5, 0.6) is 0 Å². The average Bonchev–Trinajstić information content (AvgIpc) is 3.36. The zero-order valence-corrected chi connectivity index (χ0v) is 16.6. The van der Waals surface area contributed by atoms with Gasteiger partial charge in [0.05, 0.1) is 28.1 Å². The Morgan fingerprint density at radius 2 is 2.07 bits per heavy atom. The van der Waals surface area contributed by atoms with Gasteiger partial charge in [0.2, 0.25) is 0 Å². The maximum absolute atomic E-state index is 11.4. The first-order valence-corrected chi connectivity index (χ1v) is 9.66. The van der Waals surface area contributed by atoms with Gasteiger partial charge in [-0.15, -0.1) is 0 Å². The van der Waals surface area contributed by atoms with Crippen molar-refractivity contribution in [1.29, 1.82) is 0 Å². The lowest BCUT2D eigenvalue weighted by molar-refractivity contribution is -0.387. The number of fused-ring (bicyclic) bond motifs is 1. The van der Waals surface area contributed by atoms with E-state index in [0.717, 1.165) is 20.7 Å². The fourth-order valence-corrected chi connectivity index (χ4v) is 4.18. The molecule has 0 radical (unpaired) electrons. The fraction of sp³-hybridized carbons (Fsp3) is 0.100. The van der Waals surface area contributed by atoms with Crippen molar-refractivity contribution in [2.75, 3.05) is 11.9 Å². The number of aromatic nitrogens is 2. The third kappa shape index (κ3) is 3.72. The summed E-state index contributed by atoms with van der Waals surface area (Å²) in [5.41, 5.74) is 1.31. The lowest BCUT2D eigenvalue weighted by Gasteiger charge is -2.13. The van der Waals surface area contributed by atoms with Gasteiger partial charge >= 0.3 is 6.09 Å². The summed E-state index contributed by atoms with van der Waals surface area (Å²) < 4.78 is 7.12. The van der Waals surface area contributed by atoms with Crippen molar-refractivity contribution < 1.29 is 19.3 Å². The second-order valence-electron chi connectivity index (χ2n) is 6.47. The van der Waals surface area contributed by atoms with E-state index in [1.165, 1.54) is 24.9 Å². The summed E-state index contributed by atoms with van der Waals surface area (Å²) in [4.78, 5) is 24.8. The Morgan fingerprint density at radius 3 is 2.77 bits per heavy atom. The lowest BCUT2D eigenvalue weighted by atomic mass is 10.2. The highest BCUT2D eigenvalue weighted by Crippen LogP contribution is 2.40. The third-order valence-electron chi connectivity index (χ3n) is 4.60. The van der Waals surface area contributed by atoms with Crippen LogP contribution >= 0.6 is 11.8 Å². The van der Waals surface area contributed by atoms with Crippen LogP contribution in [0.25, 0.3) is 10.9 Å². The monoisotopic (exact) mass is 424 g/mol. The molecule has 152 valence electrons. The van der Waals surface area contributed by atoms with E-state index in [2.05, 4.69) is 5.16 Å². The molecule has 0 unspecified atom stereocenters. The number of nitro benzene ring substituents is 1. The molecule has 0 fully saturated rings. The maximum atomic E-state index is 11.4. The standard InChI is InChI=1S/C20H16N4O5S/c1-22(20(25)26)13-6-7-15-17(10-13)23(11-14-8-9-21-29-14)12-19(15)30-18-5-3-2-4-16(18)24(27)28/h2-10,12H,11H2,1H3,(H,25,26). The van der Waals surface area contributed by atoms with Gasteiger partial charge in [0, 0.05) is 41.3 Å². The van der Waals surface area contributed by atoms with Gasteiger partial charge in [-0.1, -0.05) is 29.1 Å². The molecule has 1 amide bonds. The highest BCUT2D eigenvalue weighted by atomic mass is 32.2. The summed E-state index contributed by atoms with van der Waals surface area (Å²) in [7, 11) is 1.47. The average molecular weight is 424 g/mol. The van der Waals surface area contributed by atoms with Crippen LogP contribution in [0.1, 0.15) is 5.76 Å². The van der Waals surface area contributed by atoms with E-state index in [1.54, 1.807) is 42.6 Å². The van der Waals surface area contributed by atoms with Gasteiger partial charge in [-0.3, -0.25) is 15.0 Å². The number of anilines is 1. The van der Waals surface area contributed by atoms with Crippen LogP contribution in [0, 0.1) is 10.1 Å². The highest BCUT2D eigenvalue weighted by Gasteiger charge is 2.19. The number of para-hydroxylation sites is 1. The van der Waals surface area contributed by atoms with Crippen LogP contribution < -0.4 is 4.90 Å². The van der Waals surface area contributed by atoms with Crippen molar-refractivity contribution in [3.05, 3.63) is 76.8 Å². The Morgan fingerprint density at radius 1 is 1.27 bits per heavy atom. The number of amides is 1. The van der Waals surface area contributed by atoms with E-state index in [1.807, 2.05) is 16.8 Å². The number of hydrogen-bond acceptors (Lipinski definition) is 6. The van der Waals surface area contributed by atoms with Gasteiger partial charge in [0.25, 0.3) is 5.69 Å². The van der Waals surface area contributed by atoms with Crippen LogP contribution in [0.15, 0.2) is 75.2 Å². The normalized spacial score (nSPS) is 11.0. The molecule has 2 aromatic carbocycles. The number of benzene rings is 2. The molecule has 0 saturated heterocycles. The van der Waals surface area contributed by atoms with E-state index in [-0.39, 0.29) is 5.69 Å². The molecule has 10 heteroatoms. The summed E-state index contributed by atoms with van der Waals surface area (Å²) in [5, 5.41) is 25.2. The van der Waals surface area contributed by atoms with Crippen molar-refractivity contribution in [3.63, 3.8) is 0 Å². The molecule has 0 spiro atoms. The van der Waals surface area contributed by atoms with E-state index in [0.29, 0.717) is 22.9 Å². The summed E-state index contributed by atoms with van der Waals surface area (Å²) in [6.07, 6.45) is 2.35. The smallest absolute Gasteiger partial charge is 0.411 e. The quantitative estimate of drug-likeness (QED) is 0.347. The number of rotatable bonds is 6. The second kappa shape index (κ2) is 7.91. The molecule has 2 heterocycles. The molecule has 4 aromatic rings. The van der Waals surface area contributed by atoms with Crippen molar-refractivity contribution >= 4 is 40.1 Å². The molecule has 0 saturated carbocycles. The highest BCUT2D eigenvalue weighted by molar-refractivity contribution is 7.99. The first-order chi connectivity index (χ1) is 14.4. The molecular formula is C20H16N4O5S. The van der Waals surface area contributed by atoms with E-state index >= 15 is 0 Å². The Balaban J connectivity index is 1.82. The van der Waals surface area contributed by atoms with Gasteiger partial charge in [0.1, 0.15) is 0 Å². The summed E-state index contributed by atoms with van der Waals surface area (Å²) >= 11 is 1.29. The molecule has 30 heavy (non-hydrogen) atoms. The molecule has 0 atom stereocenters. The largest absolute Gasteiger partial charge is 0.465 e. The molecule has 0 aliphatic heterocycles. The fourth-order valence-electron chi connectivity index (χ4n) is 3.08. The number of carbonyl (C=O) groups is 1. The molecular weight excluding hydrogens is 408 g/mol. The van der Waals surface area contributed by atoms with Gasteiger partial charge in [0.15, 0.2) is 5.76 Å². The van der Waals surface area contributed by atoms with Crippen LogP contribution in [0.2, 0.25) is 0 Å². The van der Waals surface area contributed by atoms with E-state index in [4.69, 9.17) is 4.52 Å². The topological polar surface area (TPSA) is 115 Å². The van der Waals surface area contributed by atoms with Gasteiger partial charge in [-0.2, -0.15) is 0 Å². The Bertz CT molecular complexity index is 1240. The van der Waals surface area contributed by atoms with Gasteiger partial charge < -0.3 is 14.2 Å². The lowest BCUT2D eigenvalue weighted by Crippen LogP contribution is -2.23. The molecule has 1 N–H and O–H groups in total. The van der Waals surface area contributed by atoms with Gasteiger partial charge in [-0.05, 0) is 24.3 Å². The van der Waals surface area contributed by atoms with Crippen molar-refractivity contribution in [3.8, 4) is 0 Å². The first kappa shape index (κ1) is 19.5. The van der Waals surface area contributed by atoms with Crippen LogP contribution in [-0.2, 0) is 6.54 Å². The molecule has 9 nitrogen and oxygen atoms in total. The minimum atomic E-state index is -1.07. The van der Waals surface area contributed by atoms with Crippen LogP contribution in [-0.4, -0.2) is 32.9 Å². The Kier molecular flexibility index (Phi) is 5.15. The zero-order chi connectivity index (χ0) is 21.3. The minimum Gasteiger partial charge on any atom is -0.465 e. The van der Waals surface area contributed by atoms with Crippen molar-refractivity contribution in [2.45, 2.75) is 16.3 Å². The Labute approximate surface area is 174 Å². The molecule has 2 aromatic heterocycles. The SMILES string of the molecule is CN(C(=O)O)c1ccc2c(Sc3ccccc3[N+](=O)[O-])cn(Cc3ccno3)c2c1. The number of nitro groups is 1. The van der Waals surface area contributed by atoms with Crippen molar-refractivity contribution in [2.24, 2.45) is 0 Å². The molecule has 4 rings (SSSR count). The summed E-state index contributed by atoms with van der Waals surface area (Å²) in [6, 6.07) is 13.6. The third-order valence-corrected chi connectivity index (χ3v) is 5.71. The number of hydrogen-bond donors (Lipinski definition) is 1. The van der Waals surface area contributed by atoms with E-state index < -0.39 is 11.0 Å². The minimum absolute atomic E-state index is 0.0286. The number of nitrogens with zero attached hydrogens (tertiary/aromatic N) is 4. The van der Waals surface area contributed by atoms with Crippen LogP contribution in [0.4, 0.5) is 16.2 Å². The predicted molar refractivity (Wildman–Crippen MR) is 111 cm³/mol. The van der Waals surface area contributed by atoms with E-state index in [9.17, 15) is 20.0 Å². The van der Waals surface area contributed by atoms with Crippen LogP contribution in [0.3, 0.4) is 0 Å². The number of carboxylic acid groups (broad SMARTS) is 1. The predicted octanol–water partition coefficient (Wildman–Crippen LogP) is 4.85. The van der Waals surface area contributed by atoms with Crippen molar-refractivity contribution in [1.82, 2.24) is 9.72 Å². The first-order valence-electron chi connectivity index (χ1n) is 8.84. The molecule has 0 aliphatic carbocycles. The summed E-state index contributed by atoms with van der Waals surface area (Å²) in [6.45, 7) is 0.383. The zero-order valence-electron chi connectivity index (χ0n) is 15.8. The second-order valence-corrected chi connectivity index (χ2v) is 7.55.